The van der Waals surface area contributed by atoms with Gasteiger partial charge in [-0.25, -0.2) is 0 Å². The van der Waals surface area contributed by atoms with Crippen LogP contribution in [0.2, 0.25) is 0 Å². The van der Waals surface area contributed by atoms with Crippen LogP contribution in [-0.4, -0.2) is 50.0 Å². The minimum Gasteiger partial charge on any atom is -0.497 e. The molecule has 0 spiro atoms. The lowest BCUT2D eigenvalue weighted by molar-refractivity contribution is -0.109. The maximum Gasteiger partial charge on any atom is 0.127 e. The minimum absolute atomic E-state index is 0.294. The zero-order chi connectivity index (χ0) is 23.8. The quantitative estimate of drug-likeness (QED) is 0.292. The molecule has 0 saturated carbocycles. The molecule has 0 radical (unpaired) electrons. The number of hydrogen-bond acceptors (Lipinski definition) is 6. The highest BCUT2D eigenvalue weighted by Crippen LogP contribution is 2.32. The van der Waals surface area contributed by atoms with E-state index in [-0.39, 0.29) is 11.5 Å². The van der Waals surface area contributed by atoms with E-state index in [0.717, 1.165) is 49.3 Å². The fourth-order valence-electron chi connectivity index (χ4n) is 4.24. The number of benzene rings is 2. The summed E-state index contributed by atoms with van der Waals surface area (Å²) in [5.74, 6) is 2.36. The Hall–Kier alpha value is -2.28. The molecule has 1 fully saturated rings. The van der Waals surface area contributed by atoms with Crippen LogP contribution in [0.15, 0.2) is 42.5 Å². The molecule has 2 aromatic rings. The molecule has 2 aromatic carbocycles. The molecule has 6 nitrogen and oxygen atoms in total. The van der Waals surface area contributed by atoms with Gasteiger partial charge in [-0.2, -0.15) is 0 Å². The van der Waals surface area contributed by atoms with Crippen LogP contribution in [-0.2, 0) is 11.4 Å². The second-order valence-electron chi connectivity index (χ2n) is 8.78. The number of nitrogens with zero attached hydrogens (tertiary/aromatic N) is 1. The Morgan fingerprint density at radius 3 is 2.36 bits per heavy atom. The van der Waals surface area contributed by atoms with E-state index in [1.54, 1.807) is 14.2 Å². The molecule has 33 heavy (non-hydrogen) atoms. The molecule has 1 heterocycles. The van der Waals surface area contributed by atoms with E-state index in [4.69, 9.17) is 31.5 Å². The van der Waals surface area contributed by atoms with Gasteiger partial charge in [0.15, 0.2) is 0 Å². The van der Waals surface area contributed by atoms with Gasteiger partial charge in [0.1, 0.15) is 35.6 Å². The minimum atomic E-state index is -0.402. The number of nitrogens with two attached hydrogens (primary N) is 1. The number of rotatable bonds is 11. The summed E-state index contributed by atoms with van der Waals surface area (Å²) in [7, 11) is 3.22. The molecule has 1 aliphatic heterocycles. The van der Waals surface area contributed by atoms with Gasteiger partial charge in [-0.1, -0.05) is 25.1 Å². The van der Waals surface area contributed by atoms with Crippen LogP contribution in [0.25, 0.3) is 0 Å². The van der Waals surface area contributed by atoms with Crippen LogP contribution in [0.3, 0.4) is 0 Å². The zero-order valence-corrected chi connectivity index (χ0v) is 20.5. The van der Waals surface area contributed by atoms with Gasteiger partial charge in [0.2, 0.25) is 0 Å². The van der Waals surface area contributed by atoms with E-state index in [1.807, 2.05) is 42.5 Å². The number of para-hydroxylation sites is 1. The smallest absolute Gasteiger partial charge is 0.127 e. The van der Waals surface area contributed by atoms with Gasteiger partial charge in [0.25, 0.3) is 0 Å². The third-order valence-electron chi connectivity index (χ3n) is 6.33. The summed E-state index contributed by atoms with van der Waals surface area (Å²) in [5, 5.41) is 0. The van der Waals surface area contributed by atoms with Gasteiger partial charge < -0.3 is 24.7 Å². The number of hydrogen-bond donors (Lipinski definition) is 1. The van der Waals surface area contributed by atoms with E-state index in [2.05, 4.69) is 11.8 Å². The molecule has 3 atom stereocenters. The molecule has 180 valence electrons. The van der Waals surface area contributed by atoms with Crippen molar-refractivity contribution in [2.24, 2.45) is 11.7 Å². The number of ether oxygens (including phenoxy) is 3. The molecule has 0 aliphatic carbocycles. The summed E-state index contributed by atoms with van der Waals surface area (Å²) >= 11 is 6.71. The molecular formula is C26H35ClN2O4. The number of likely N-dealkylation sites (tertiary alicyclic amines) is 1. The summed E-state index contributed by atoms with van der Waals surface area (Å²) in [6.45, 7) is 4.46. The highest BCUT2D eigenvalue weighted by atomic mass is 35.5. The van der Waals surface area contributed by atoms with Crippen molar-refractivity contribution in [3.63, 3.8) is 0 Å². The Morgan fingerprint density at radius 1 is 1.12 bits per heavy atom. The number of alkyl halides is 1. The fraction of sp³-hybridized carbons (Fsp3) is 0.500. The lowest BCUT2D eigenvalue weighted by Crippen LogP contribution is -2.48. The predicted molar refractivity (Wildman–Crippen MR) is 131 cm³/mol. The van der Waals surface area contributed by atoms with Gasteiger partial charge in [-0.15, -0.1) is 11.6 Å². The van der Waals surface area contributed by atoms with Crippen molar-refractivity contribution >= 4 is 17.9 Å². The highest BCUT2D eigenvalue weighted by molar-refractivity contribution is 6.20. The number of methoxy groups -OCH3 is 2. The lowest BCUT2D eigenvalue weighted by atomic mass is 9.92. The second kappa shape index (κ2) is 12.3. The first-order chi connectivity index (χ1) is 15.9. The Kier molecular flexibility index (Phi) is 9.41. The predicted octanol–water partition coefficient (Wildman–Crippen LogP) is 4.58. The maximum atomic E-state index is 12.1. The van der Waals surface area contributed by atoms with E-state index in [9.17, 15) is 4.79 Å². The first kappa shape index (κ1) is 25.3. The summed E-state index contributed by atoms with van der Waals surface area (Å²) in [5.41, 5.74) is 7.90. The first-order valence-electron chi connectivity index (χ1n) is 11.5. The highest BCUT2D eigenvalue weighted by Gasteiger charge is 2.29. The van der Waals surface area contributed by atoms with Gasteiger partial charge >= 0.3 is 0 Å². The molecule has 0 aromatic heterocycles. The Labute approximate surface area is 201 Å². The van der Waals surface area contributed by atoms with Gasteiger partial charge in [-0.3, -0.25) is 4.90 Å². The Bertz CT molecular complexity index is 879. The number of carbonyl (C=O) groups is 1. The first-order valence-corrected chi connectivity index (χ1v) is 11.9. The van der Waals surface area contributed by atoms with Gasteiger partial charge in [-0.05, 0) is 62.0 Å². The van der Waals surface area contributed by atoms with E-state index in [0.29, 0.717) is 30.3 Å². The van der Waals surface area contributed by atoms with Crippen molar-refractivity contribution in [1.29, 1.82) is 0 Å². The van der Waals surface area contributed by atoms with Crippen molar-refractivity contribution in [2.45, 2.75) is 50.3 Å². The van der Waals surface area contributed by atoms with Crippen LogP contribution in [0.1, 0.15) is 43.2 Å². The van der Waals surface area contributed by atoms with Crippen LogP contribution in [0, 0.1) is 5.92 Å². The van der Waals surface area contributed by atoms with E-state index >= 15 is 0 Å². The third kappa shape index (κ3) is 6.85. The van der Waals surface area contributed by atoms with Crippen LogP contribution < -0.4 is 19.9 Å². The van der Waals surface area contributed by atoms with Crippen LogP contribution in [0.5, 0.6) is 17.2 Å². The molecule has 1 aliphatic rings. The number of piperidine rings is 1. The Balaban J connectivity index is 1.69. The maximum absolute atomic E-state index is 12.1. The molecule has 7 heteroatoms. The SMILES string of the molecule is COc1cc(COc2ccccc2C(C=O)CC(N)C(Cl)N2CCC(C)CC2)cc(OC)c1. The van der Waals surface area contributed by atoms with E-state index < -0.39 is 5.92 Å². The topological polar surface area (TPSA) is 74.0 Å². The summed E-state index contributed by atoms with van der Waals surface area (Å²) in [6, 6.07) is 12.9. The molecule has 0 bridgehead atoms. The molecular weight excluding hydrogens is 440 g/mol. The third-order valence-corrected chi connectivity index (χ3v) is 6.93. The average Bonchev–Trinajstić information content (AvgIpc) is 2.85. The van der Waals surface area contributed by atoms with Crippen molar-refractivity contribution in [3.05, 3.63) is 53.6 Å². The summed E-state index contributed by atoms with van der Waals surface area (Å²) < 4.78 is 16.8. The molecule has 1 saturated heterocycles. The monoisotopic (exact) mass is 474 g/mol. The zero-order valence-electron chi connectivity index (χ0n) is 19.7. The summed E-state index contributed by atoms with van der Waals surface area (Å²) in [6.07, 6.45) is 3.65. The largest absolute Gasteiger partial charge is 0.497 e. The lowest BCUT2D eigenvalue weighted by Gasteiger charge is -2.36. The van der Waals surface area contributed by atoms with Crippen molar-refractivity contribution < 1.29 is 19.0 Å². The van der Waals surface area contributed by atoms with Crippen molar-refractivity contribution in [3.8, 4) is 17.2 Å². The van der Waals surface area contributed by atoms with E-state index in [1.165, 1.54) is 0 Å². The molecule has 0 amide bonds. The summed E-state index contributed by atoms with van der Waals surface area (Å²) in [4.78, 5) is 14.3. The van der Waals surface area contributed by atoms with Crippen molar-refractivity contribution in [2.75, 3.05) is 27.3 Å². The fourth-order valence-corrected chi connectivity index (χ4v) is 4.53. The molecule has 3 unspecified atom stereocenters. The van der Waals surface area contributed by atoms with Crippen LogP contribution >= 0.6 is 11.6 Å². The standard InChI is InChI=1S/C26H35ClN2O4/c1-18-8-10-29(11-9-18)26(27)24(28)14-20(16-30)23-6-4-5-7-25(23)33-17-19-12-21(31-2)15-22(13-19)32-3/h4-7,12-13,15-16,18,20,24,26H,8-11,14,17,28H2,1-3H3. The molecule has 3 rings (SSSR count). The van der Waals surface area contributed by atoms with Crippen LogP contribution in [0.4, 0.5) is 0 Å². The second-order valence-corrected chi connectivity index (χ2v) is 9.23. The van der Waals surface area contributed by atoms with Gasteiger partial charge in [0, 0.05) is 23.6 Å². The number of halogens is 1. The number of carbonyl (C=O) groups excluding carboxylic acids is 1. The van der Waals surface area contributed by atoms with Crippen molar-refractivity contribution in [1.82, 2.24) is 4.90 Å². The normalized spacial score (nSPS) is 17.7. The van der Waals surface area contributed by atoms with Gasteiger partial charge in [0.05, 0.1) is 14.2 Å². The molecule has 2 N–H and O–H groups in total. The average molecular weight is 475 g/mol. The Morgan fingerprint density at radius 2 is 1.76 bits per heavy atom. The number of aldehydes is 1.